The van der Waals surface area contributed by atoms with Crippen molar-refractivity contribution < 1.29 is 23.5 Å². The second kappa shape index (κ2) is 10.6. The minimum Gasteiger partial charge on any atom is -0.488 e. The number of imide groups is 1. The van der Waals surface area contributed by atoms with Crippen LogP contribution in [-0.2, 0) is 16.2 Å². The summed E-state index contributed by atoms with van der Waals surface area (Å²) < 4.78 is 19.0. The molecule has 178 valence electrons. The zero-order valence-corrected chi connectivity index (χ0v) is 20.0. The summed E-state index contributed by atoms with van der Waals surface area (Å²) in [4.78, 5) is 39.1. The largest absolute Gasteiger partial charge is 0.488 e. The van der Waals surface area contributed by atoms with Gasteiger partial charge in [0.05, 0.1) is 4.91 Å². The number of aryl methyl sites for hydroxylation is 2. The molecule has 0 aromatic heterocycles. The summed E-state index contributed by atoms with van der Waals surface area (Å²) in [7, 11) is 0. The topological polar surface area (TPSA) is 75.7 Å². The maximum atomic E-state index is 13.1. The van der Waals surface area contributed by atoms with Crippen LogP contribution in [0.25, 0.3) is 6.08 Å². The van der Waals surface area contributed by atoms with Crippen LogP contribution in [0.2, 0.25) is 0 Å². The van der Waals surface area contributed by atoms with Crippen molar-refractivity contribution in [1.82, 2.24) is 4.90 Å². The molecule has 8 heteroatoms. The van der Waals surface area contributed by atoms with Crippen molar-refractivity contribution in [2.24, 2.45) is 0 Å². The first-order chi connectivity index (χ1) is 16.8. The molecule has 6 nitrogen and oxygen atoms in total. The Morgan fingerprint density at radius 1 is 1.06 bits per heavy atom. The summed E-state index contributed by atoms with van der Waals surface area (Å²) in [6.45, 7) is 3.67. The Kier molecular flexibility index (Phi) is 7.31. The molecule has 0 bridgehead atoms. The predicted octanol–water partition coefficient (Wildman–Crippen LogP) is 5.70. The molecule has 4 rings (SSSR count). The highest BCUT2D eigenvalue weighted by Crippen LogP contribution is 2.34. The number of nitrogens with one attached hydrogen (secondary N) is 1. The number of thioether (sulfide) groups is 1. The van der Waals surface area contributed by atoms with Gasteiger partial charge in [0, 0.05) is 11.3 Å². The average molecular weight is 491 g/mol. The summed E-state index contributed by atoms with van der Waals surface area (Å²) in [5.41, 5.74) is 4.00. The van der Waals surface area contributed by atoms with Gasteiger partial charge in [0.1, 0.15) is 24.7 Å². The van der Waals surface area contributed by atoms with Gasteiger partial charge in [-0.05, 0) is 67.1 Å². The molecule has 35 heavy (non-hydrogen) atoms. The molecule has 3 amide bonds. The lowest BCUT2D eigenvalue weighted by Gasteiger charge is -2.14. The number of amides is 3. The molecule has 1 saturated heterocycles. The van der Waals surface area contributed by atoms with E-state index in [-0.39, 0.29) is 23.9 Å². The van der Waals surface area contributed by atoms with Crippen LogP contribution in [-0.4, -0.2) is 28.5 Å². The molecule has 1 aliphatic rings. The van der Waals surface area contributed by atoms with Crippen molar-refractivity contribution in [3.05, 3.63) is 99.7 Å². The number of carbonyl (C=O) groups is 3. The van der Waals surface area contributed by atoms with Gasteiger partial charge in [-0.15, -0.1) is 0 Å². The van der Waals surface area contributed by atoms with Gasteiger partial charge >= 0.3 is 0 Å². The first-order valence-corrected chi connectivity index (χ1v) is 11.7. The van der Waals surface area contributed by atoms with Crippen LogP contribution >= 0.6 is 11.8 Å². The highest BCUT2D eigenvalue weighted by Gasteiger charge is 2.36. The molecule has 0 aliphatic carbocycles. The lowest BCUT2D eigenvalue weighted by molar-refractivity contribution is -0.127. The van der Waals surface area contributed by atoms with Crippen molar-refractivity contribution in [2.75, 3.05) is 11.9 Å². The smallest absolute Gasteiger partial charge is 0.294 e. The van der Waals surface area contributed by atoms with Crippen molar-refractivity contribution >= 4 is 40.6 Å². The number of para-hydroxylation sites is 1. The normalized spacial score (nSPS) is 14.5. The summed E-state index contributed by atoms with van der Waals surface area (Å²) in [5, 5.41) is 2.25. The van der Waals surface area contributed by atoms with Crippen LogP contribution in [0.3, 0.4) is 0 Å². The molecule has 0 saturated carbocycles. The molecule has 3 aromatic carbocycles. The number of nitrogens with zero attached hydrogens (tertiary/aromatic N) is 1. The maximum absolute atomic E-state index is 13.1. The molecular formula is C27H23FN2O4S. The number of hydrogen-bond acceptors (Lipinski definition) is 5. The van der Waals surface area contributed by atoms with Crippen LogP contribution in [0.5, 0.6) is 5.75 Å². The summed E-state index contributed by atoms with van der Waals surface area (Å²) in [5.74, 6) is -0.809. The van der Waals surface area contributed by atoms with Gasteiger partial charge in [0.2, 0.25) is 5.91 Å². The second-order valence-electron chi connectivity index (χ2n) is 8.09. The molecule has 1 aliphatic heterocycles. The zero-order valence-electron chi connectivity index (χ0n) is 19.2. The fourth-order valence-electron chi connectivity index (χ4n) is 3.54. The Labute approximate surface area is 206 Å². The van der Waals surface area contributed by atoms with E-state index in [0.29, 0.717) is 17.0 Å². The maximum Gasteiger partial charge on any atom is 0.294 e. The van der Waals surface area contributed by atoms with E-state index in [2.05, 4.69) is 5.32 Å². The predicted molar refractivity (Wildman–Crippen MR) is 134 cm³/mol. The number of carbonyl (C=O) groups excluding carboxylic acids is 3. The van der Waals surface area contributed by atoms with E-state index in [0.717, 1.165) is 33.4 Å². The SMILES string of the molecule is Cc1ccc(NC(=O)CN2C(=O)S/C(=C\c3ccccc3OCc3ccc(F)cc3)C2=O)c(C)c1. The Balaban J connectivity index is 1.44. The molecule has 0 unspecified atom stereocenters. The fourth-order valence-corrected chi connectivity index (χ4v) is 4.37. The number of halogens is 1. The minimum absolute atomic E-state index is 0.201. The molecule has 0 atom stereocenters. The fraction of sp³-hybridized carbons (Fsp3) is 0.148. The molecule has 1 heterocycles. The minimum atomic E-state index is -0.538. The summed E-state index contributed by atoms with van der Waals surface area (Å²) in [6.07, 6.45) is 1.58. The first kappa shape index (κ1) is 24.2. The van der Waals surface area contributed by atoms with Gasteiger partial charge in [-0.2, -0.15) is 0 Å². The molecular weight excluding hydrogens is 467 g/mol. The lowest BCUT2D eigenvalue weighted by Crippen LogP contribution is -2.36. The number of ether oxygens (including phenoxy) is 1. The molecule has 1 fully saturated rings. The molecule has 0 spiro atoms. The molecule has 1 N–H and O–H groups in total. The second-order valence-corrected chi connectivity index (χ2v) is 9.08. The molecule has 0 radical (unpaired) electrons. The van der Waals surface area contributed by atoms with Crippen molar-refractivity contribution in [3.63, 3.8) is 0 Å². The summed E-state index contributed by atoms with van der Waals surface area (Å²) >= 11 is 0.776. The highest BCUT2D eigenvalue weighted by atomic mass is 32.2. The number of benzene rings is 3. The van der Waals surface area contributed by atoms with Gasteiger partial charge in [-0.3, -0.25) is 19.3 Å². The van der Waals surface area contributed by atoms with Gasteiger partial charge < -0.3 is 10.1 Å². The first-order valence-electron chi connectivity index (χ1n) is 10.9. The zero-order chi connectivity index (χ0) is 24.9. The third-order valence-electron chi connectivity index (χ3n) is 5.34. The Hall–Kier alpha value is -3.91. The number of hydrogen-bond donors (Lipinski definition) is 1. The van der Waals surface area contributed by atoms with Crippen molar-refractivity contribution in [2.45, 2.75) is 20.5 Å². The van der Waals surface area contributed by atoms with Crippen LogP contribution in [0.1, 0.15) is 22.3 Å². The highest BCUT2D eigenvalue weighted by molar-refractivity contribution is 8.18. The van der Waals surface area contributed by atoms with E-state index in [1.165, 1.54) is 12.1 Å². The van der Waals surface area contributed by atoms with E-state index < -0.39 is 17.1 Å². The van der Waals surface area contributed by atoms with Gasteiger partial charge in [0.15, 0.2) is 0 Å². The monoisotopic (exact) mass is 490 g/mol. The number of rotatable bonds is 7. The Morgan fingerprint density at radius 2 is 1.80 bits per heavy atom. The van der Waals surface area contributed by atoms with E-state index >= 15 is 0 Å². The standard InChI is InChI=1S/C27H23FN2O4S/c1-17-7-12-22(18(2)13-17)29-25(31)15-30-26(32)24(35-27(30)33)14-20-5-3-4-6-23(20)34-16-19-8-10-21(28)11-9-19/h3-14H,15-16H2,1-2H3,(H,29,31)/b24-14-. The van der Waals surface area contributed by atoms with Gasteiger partial charge in [-0.25, -0.2) is 4.39 Å². The van der Waals surface area contributed by atoms with Crippen LogP contribution in [0, 0.1) is 19.7 Å². The number of anilines is 1. The van der Waals surface area contributed by atoms with E-state index in [1.807, 2.05) is 26.0 Å². The van der Waals surface area contributed by atoms with E-state index in [9.17, 15) is 18.8 Å². The average Bonchev–Trinajstić information content (AvgIpc) is 3.08. The van der Waals surface area contributed by atoms with E-state index in [4.69, 9.17) is 4.74 Å². The van der Waals surface area contributed by atoms with Crippen LogP contribution in [0.4, 0.5) is 14.9 Å². The third kappa shape index (κ3) is 5.96. The van der Waals surface area contributed by atoms with Crippen LogP contribution < -0.4 is 10.1 Å². The van der Waals surface area contributed by atoms with Crippen molar-refractivity contribution in [3.8, 4) is 5.75 Å². The Morgan fingerprint density at radius 3 is 2.54 bits per heavy atom. The van der Waals surface area contributed by atoms with Crippen molar-refractivity contribution in [1.29, 1.82) is 0 Å². The lowest BCUT2D eigenvalue weighted by atomic mass is 10.1. The third-order valence-corrected chi connectivity index (χ3v) is 6.25. The summed E-state index contributed by atoms with van der Waals surface area (Å²) in [6, 6.07) is 18.7. The molecule has 3 aromatic rings. The van der Waals surface area contributed by atoms with Gasteiger partial charge in [-0.1, -0.05) is 48.0 Å². The van der Waals surface area contributed by atoms with E-state index in [1.54, 1.807) is 48.5 Å². The van der Waals surface area contributed by atoms with Crippen LogP contribution in [0.15, 0.2) is 71.6 Å². The Bertz CT molecular complexity index is 1320. The van der Waals surface area contributed by atoms with Gasteiger partial charge in [0.25, 0.3) is 11.1 Å². The quantitative estimate of drug-likeness (QED) is 0.430.